The molecule has 4 atom stereocenters. The highest BCUT2D eigenvalue weighted by Gasteiger charge is 2.36. The van der Waals surface area contributed by atoms with E-state index in [1.165, 1.54) is 35.2 Å². The number of fused-ring (bicyclic) bond motifs is 2. The van der Waals surface area contributed by atoms with Crippen LogP contribution in [0.25, 0.3) is 22.1 Å². The third kappa shape index (κ3) is 4.92. The van der Waals surface area contributed by atoms with Crippen molar-refractivity contribution >= 4 is 27.8 Å². The molecule has 5 heterocycles. The summed E-state index contributed by atoms with van der Waals surface area (Å²) < 4.78 is 0. The summed E-state index contributed by atoms with van der Waals surface area (Å²) in [4.78, 5) is 19.9. The summed E-state index contributed by atoms with van der Waals surface area (Å²) in [5, 5.41) is 7.18. The van der Waals surface area contributed by atoms with Gasteiger partial charge in [0.1, 0.15) is 11.6 Å². The highest BCUT2D eigenvalue weighted by molar-refractivity contribution is 5.78. The Kier molecular flexibility index (Phi) is 6.57. The maximum Gasteiger partial charge on any atom is 0.124 e. The van der Waals surface area contributed by atoms with E-state index in [1.807, 2.05) is 0 Å². The summed E-state index contributed by atoms with van der Waals surface area (Å²) in [6.45, 7) is 9.00. The zero-order valence-corrected chi connectivity index (χ0v) is 25.6. The standard InChI is InChI=1S/C36H43N7/c1-36(2,3)24-10-12-25(13-11-24)43-32(22-8-14-26-30(20-22)41-34(39-26)28-6-4-18-37-28)16-17-33(43)23-9-15-27-31(21-23)42-35(40-27)29-7-5-19-38-29/h8-15,20-21,28-29,32-33,37-38H,4-7,16-19H2,1-3H3,(H,39,41)(H,40,42)/t28-,29?,32?,33?/m0/s1. The molecule has 0 bridgehead atoms. The second kappa shape index (κ2) is 10.5. The fourth-order valence-corrected chi connectivity index (χ4v) is 7.63. The first-order valence-electron chi connectivity index (χ1n) is 16.3. The van der Waals surface area contributed by atoms with Gasteiger partial charge < -0.3 is 25.5 Å². The minimum atomic E-state index is 0.122. The van der Waals surface area contributed by atoms with Crippen LogP contribution in [0.15, 0.2) is 60.7 Å². The van der Waals surface area contributed by atoms with E-state index in [0.717, 1.165) is 72.5 Å². The molecule has 2 aromatic heterocycles. The van der Waals surface area contributed by atoms with E-state index in [0.29, 0.717) is 12.1 Å². The first-order chi connectivity index (χ1) is 20.9. The van der Waals surface area contributed by atoms with Gasteiger partial charge in [0.2, 0.25) is 0 Å². The quantitative estimate of drug-likeness (QED) is 0.173. The number of nitrogens with one attached hydrogen (secondary N) is 4. The van der Waals surface area contributed by atoms with Gasteiger partial charge in [0.25, 0.3) is 0 Å². The average Bonchev–Trinajstić information content (AvgIpc) is 3.84. The first kappa shape index (κ1) is 26.9. The lowest BCUT2D eigenvalue weighted by Crippen LogP contribution is -2.26. The molecule has 0 spiro atoms. The van der Waals surface area contributed by atoms with Crippen molar-refractivity contribution in [2.75, 3.05) is 18.0 Å². The Hall–Kier alpha value is -3.68. The van der Waals surface area contributed by atoms with E-state index in [2.05, 4.69) is 107 Å². The molecular formula is C36H43N7. The van der Waals surface area contributed by atoms with E-state index in [1.54, 1.807) is 0 Å². The Balaban J connectivity index is 1.16. The fourth-order valence-electron chi connectivity index (χ4n) is 7.63. The lowest BCUT2D eigenvalue weighted by Gasteiger charge is -2.34. The number of hydrogen-bond donors (Lipinski definition) is 4. The van der Waals surface area contributed by atoms with Crippen LogP contribution in [0, 0.1) is 0 Å². The molecule has 0 amide bonds. The van der Waals surface area contributed by atoms with Crippen molar-refractivity contribution in [3.8, 4) is 0 Å². The topological polar surface area (TPSA) is 84.7 Å². The maximum absolute atomic E-state index is 4.95. The van der Waals surface area contributed by atoms with E-state index < -0.39 is 0 Å². The largest absolute Gasteiger partial charge is 0.357 e. The summed E-state index contributed by atoms with van der Waals surface area (Å²) in [5.74, 6) is 2.15. The summed E-state index contributed by atoms with van der Waals surface area (Å²) in [6.07, 6.45) is 6.91. The molecule has 3 aromatic carbocycles. The predicted octanol–water partition coefficient (Wildman–Crippen LogP) is 7.67. The van der Waals surface area contributed by atoms with Crippen LogP contribution in [0.4, 0.5) is 5.69 Å². The van der Waals surface area contributed by atoms with Crippen molar-refractivity contribution in [3.05, 3.63) is 89.0 Å². The highest BCUT2D eigenvalue weighted by Crippen LogP contribution is 2.48. The van der Waals surface area contributed by atoms with Gasteiger partial charge in [-0.2, -0.15) is 0 Å². The molecule has 8 rings (SSSR count). The Morgan fingerprint density at radius 1 is 0.651 bits per heavy atom. The smallest absolute Gasteiger partial charge is 0.124 e. The molecule has 5 aromatic rings. The lowest BCUT2D eigenvalue weighted by atomic mass is 9.87. The van der Waals surface area contributed by atoms with Crippen molar-refractivity contribution in [2.45, 2.75) is 88.9 Å². The maximum atomic E-state index is 4.95. The van der Waals surface area contributed by atoms with Crippen LogP contribution < -0.4 is 15.5 Å². The molecular weight excluding hydrogens is 530 g/mol. The SMILES string of the molecule is CC(C)(C)c1ccc(N2C(c3ccc4nc(C5CCCN5)[nH]c4c3)CCC2c2ccc3nc([C@@H]4CCCN4)[nH]c3c2)cc1. The zero-order chi connectivity index (χ0) is 29.1. The average molecular weight is 574 g/mol. The van der Waals surface area contributed by atoms with E-state index in [4.69, 9.17) is 9.97 Å². The van der Waals surface area contributed by atoms with E-state index in [-0.39, 0.29) is 17.5 Å². The van der Waals surface area contributed by atoms with Gasteiger partial charge in [-0.15, -0.1) is 0 Å². The summed E-state index contributed by atoms with van der Waals surface area (Å²) in [6, 6.07) is 24.3. The third-order valence-electron chi connectivity index (χ3n) is 10.0. The zero-order valence-electron chi connectivity index (χ0n) is 25.6. The van der Waals surface area contributed by atoms with Crippen molar-refractivity contribution < 1.29 is 0 Å². The second-order valence-corrected chi connectivity index (χ2v) is 13.9. The minimum absolute atomic E-state index is 0.122. The van der Waals surface area contributed by atoms with Crippen molar-refractivity contribution in [1.82, 2.24) is 30.6 Å². The molecule has 0 saturated carbocycles. The molecule has 3 saturated heterocycles. The Morgan fingerprint density at radius 2 is 1.16 bits per heavy atom. The van der Waals surface area contributed by atoms with Gasteiger partial charge in [0, 0.05) is 5.69 Å². The lowest BCUT2D eigenvalue weighted by molar-refractivity contribution is 0.589. The van der Waals surface area contributed by atoms with Crippen LogP contribution in [-0.2, 0) is 5.41 Å². The van der Waals surface area contributed by atoms with E-state index >= 15 is 0 Å². The number of benzene rings is 3. The Morgan fingerprint density at radius 3 is 1.60 bits per heavy atom. The number of rotatable bonds is 5. The number of H-pyrrole nitrogens is 2. The Labute approximate surface area is 253 Å². The summed E-state index contributed by atoms with van der Waals surface area (Å²) >= 11 is 0. The van der Waals surface area contributed by atoms with Gasteiger partial charge in [-0.3, -0.25) is 0 Å². The number of anilines is 1. The van der Waals surface area contributed by atoms with Crippen LogP contribution >= 0.6 is 0 Å². The van der Waals surface area contributed by atoms with Gasteiger partial charge in [-0.1, -0.05) is 45.0 Å². The van der Waals surface area contributed by atoms with Crippen molar-refractivity contribution in [3.63, 3.8) is 0 Å². The molecule has 0 radical (unpaired) electrons. The monoisotopic (exact) mass is 573 g/mol. The first-order valence-corrected chi connectivity index (χ1v) is 16.3. The van der Waals surface area contributed by atoms with Crippen LogP contribution in [0.3, 0.4) is 0 Å². The van der Waals surface area contributed by atoms with Crippen molar-refractivity contribution in [2.24, 2.45) is 0 Å². The molecule has 43 heavy (non-hydrogen) atoms. The number of imidazole rings is 2. The second-order valence-electron chi connectivity index (χ2n) is 13.9. The van der Waals surface area contributed by atoms with Crippen LogP contribution in [0.1, 0.15) is 112 Å². The molecule has 7 heteroatoms. The van der Waals surface area contributed by atoms with Gasteiger partial charge >= 0.3 is 0 Å². The predicted molar refractivity (Wildman–Crippen MR) is 174 cm³/mol. The molecule has 7 nitrogen and oxygen atoms in total. The van der Waals surface area contributed by atoms with Gasteiger partial charge in [-0.25, -0.2) is 9.97 Å². The summed E-state index contributed by atoms with van der Waals surface area (Å²) in [5.41, 5.74) is 9.85. The van der Waals surface area contributed by atoms with Gasteiger partial charge in [0.15, 0.2) is 0 Å². The molecule has 0 aliphatic carbocycles. The van der Waals surface area contributed by atoms with Crippen LogP contribution in [0.5, 0.6) is 0 Å². The molecule has 3 aliphatic heterocycles. The number of aromatic amines is 2. The normalized spacial score (nSPS) is 24.6. The molecule has 3 unspecified atom stereocenters. The molecule has 4 N–H and O–H groups in total. The molecule has 3 aliphatic rings. The number of hydrogen-bond acceptors (Lipinski definition) is 5. The fraction of sp³-hybridized carbons (Fsp3) is 0.444. The highest BCUT2D eigenvalue weighted by atomic mass is 15.2. The molecule has 222 valence electrons. The summed E-state index contributed by atoms with van der Waals surface area (Å²) in [7, 11) is 0. The number of nitrogens with zero attached hydrogens (tertiary/aromatic N) is 3. The Bertz CT molecular complexity index is 1640. The van der Waals surface area contributed by atoms with Gasteiger partial charge in [-0.05, 0) is 110 Å². The van der Waals surface area contributed by atoms with Gasteiger partial charge in [0.05, 0.1) is 46.2 Å². The molecule has 3 fully saturated rings. The van der Waals surface area contributed by atoms with Crippen LogP contribution in [-0.4, -0.2) is 33.0 Å². The third-order valence-corrected chi connectivity index (χ3v) is 10.0. The van der Waals surface area contributed by atoms with E-state index in [9.17, 15) is 0 Å². The van der Waals surface area contributed by atoms with Crippen LogP contribution in [0.2, 0.25) is 0 Å². The van der Waals surface area contributed by atoms with Crippen molar-refractivity contribution in [1.29, 1.82) is 0 Å². The number of aromatic nitrogens is 4. The minimum Gasteiger partial charge on any atom is -0.357 e.